The van der Waals surface area contributed by atoms with E-state index >= 15 is 0 Å². The Morgan fingerprint density at radius 2 is 1.81 bits per heavy atom. The third-order valence-electron chi connectivity index (χ3n) is 4.39. The minimum absolute atomic E-state index is 0.683. The molecular weight excluding hydrogens is 370 g/mol. The van der Waals surface area contributed by atoms with Crippen LogP contribution in [0.3, 0.4) is 0 Å². The summed E-state index contributed by atoms with van der Waals surface area (Å²) in [6, 6.07) is 13.5. The summed E-state index contributed by atoms with van der Waals surface area (Å²) in [6.07, 6.45) is 0. The van der Waals surface area contributed by atoms with E-state index in [9.17, 15) is 0 Å². The van der Waals surface area contributed by atoms with Crippen molar-refractivity contribution in [1.82, 2.24) is 4.90 Å². The lowest BCUT2D eigenvalue weighted by Gasteiger charge is -2.37. The lowest BCUT2D eigenvalue weighted by Crippen LogP contribution is -2.50. The normalized spacial score (nSPS) is 14.1. The fourth-order valence-corrected chi connectivity index (χ4v) is 3.42. The summed E-state index contributed by atoms with van der Waals surface area (Å²) in [6.45, 7) is 3.45. The largest absolute Gasteiger partial charge is 0.497 e. The smallest absolute Gasteiger partial charge is 0.173 e. The van der Waals surface area contributed by atoms with E-state index in [1.165, 1.54) is 0 Å². The zero-order chi connectivity index (χ0) is 18.5. The third kappa shape index (κ3) is 4.31. The van der Waals surface area contributed by atoms with Gasteiger partial charge in [-0.25, -0.2) is 0 Å². The lowest BCUT2D eigenvalue weighted by molar-refractivity contribution is 0.389. The predicted octanol–water partition coefficient (Wildman–Crippen LogP) is 3.88. The zero-order valence-corrected chi connectivity index (χ0v) is 16.4. The molecule has 0 saturated carbocycles. The maximum Gasteiger partial charge on any atom is 0.173 e. The molecule has 0 amide bonds. The molecule has 0 aliphatic carbocycles. The molecule has 5 nitrogen and oxygen atoms in total. The molecule has 7 heteroatoms. The number of thiocarbonyl (C=S) groups is 1. The summed E-state index contributed by atoms with van der Waals surface area (Å²) >= 11 is 11.7. The maximum atomic E-state index is 6.10. The number of benzene rings is 2. The van der Waals surface area contributed by atoms with Gasteiger partial charge < -0.3 is 24.6 Å². The monoisotopic (exact) mass is 391 g/mol. The summed E-state index contributed by atoms with van der Waals surface area (Å²) in [5.41, 5.74) is 1.94. The van der Waals surface area contributed by atoms with E-state index in [-0.39, 0.29) is 0 Å². The molecule has 138 valence electrons. The van der Waals surface area contributed by atoms with Gasteiger partial charge in [0.15, 0.2) is 5.11 Å². The van der Waals surface area contributed by atoms with Gasteiger partial charge in [-0.05, 0) is 42.5 Å². The van der Waals surface area contributed by atoms with Gasteiger partial charge in [-0.3, -0.25) is 0 Å². The number of ether oxygens (including phenoxy) is 2. The Balaban J connectivity index is 1.62. The van der Waals surface area contributed by atoms with Crippen molar-refractivity contribution in [3.8, 4) is 11.5 Å². The number of piperazine rings is 1. The Hall–Kier alpha value is -2.18. The molecule has 0 spiro atoms. The number of halogens is 1. The molecule has 0 aromatic heterocycles. The van der Waals surface area contributed by atoms with Crippen LogP contribution >= 0.6 is 23.8 Å². The number of nitrogens with zero attached hydrogens (tertiary/aromatic N) is 2. The standard InChI is InChI=1S/C19H22ClN3O2S/c1-24-16-6-7-18(25-2)17(13-16)21-19(26)23-10-8-22(9-11-23)15-5-3-4-14(20)12-15/h3-7,12-13H,8-11H2,1-2H3,(H,21,26). The fraction of sp³-hybridized carbons (Fsp3) is 0.316. The molecule has 26 heavy (non-hydrogen) atoms. The first-order valence-corrected chi connectivity index (χ1v) is 9.18. The van der Waals surface area contributed by atoms with Crippen molar-refractivity contribution in [3.63, 3.8) is 0 Å². The predicted molar refractivity (Wildman–Crippen MR) is 111 cm³/mol. The van der Waals surface area contributed by atoms with E-state index in [1.54, 1.807) is 14.2 Å². The van der Waals surface area contributed by atoms with Crippen molar-refractivity contribution < 1.29 is 9.47 Å². The summed E-state index contributed by atoms with van der Waals surface area (Å²) in [7, 11) is 3.28. The second kappa shape index (κ2) is 8.47. The first-order chi connectivity index (χ1) is 12.6. The van der Waals surface area contributed by atoms with Crippen LogP contribution in [-0.4, -0.2) is 50.4 Å². The number of rotatable bonds is 4. The quantitative estimate of drug-likeness (QED) is 0.797. The highest BCUT2D eigenvalue weighted by molar-refractivity contribution is 7.80. The number of hydrogen-bond donors (Lipinski definition) is 1. The highest BCUT2D eigenvalue weighted by atomic mass is 35.5. The number of anilines is 2. The van der Waals surface area contributed by atoms with E-state index in [4.69, 9.17) is 33.3 Å². The van der Waals surface area contributed by atoms with E-state index in [0.29, 0.717) is 5.11 Å². The van der Waals surface area contributed by atoms with Crippen molar-refractivity contribution in [3.05, 3.63) is 47.5 Å². The SMILES string of the molecule is COc1ccc(OC)c(NC(=S)N2CCN(c3cccc(Cl)c3)CC2)c1. The number of nitrogens with one attached hydrogen (secondary N) is 1. The van der Waals surface area contributed by atoms with Gasteiger partial charge in [0.2, 0.25) is 0 Å². The molecule has 3 rings (SSSR count). The first-order valence-electron chi connectivity index (χ1n) is 8.39. The van der Waals surface area contributed by atoms with Crippen LogP contribution in [0.5, 0.6) is 11.5 Å². The van der Waals surface area contributed by atoms with Gasteiger partial charge in [0.25, 0.3) is 0 Å². The highest BCUT2D eigenvalue weighted by Gasteiger charge is 2.20. The molecule has 2 aromatic carbocycles. The zero-order valence-electron chi connectivity index (χ0n) is 14.9. The van der Waals surface area contributed by atoms with Crippen LogP contribution in [0.4, 0.5) is 11.4 Å². The molecule has 1 aliphatic heterocycles. The first kappa shape index (κ1) is 18.6. The summed E-state index contributed by atoms with van der Waals surface area (Å²) in [4.78, 5) is 4.48. The van der Waals surface area contributed by atoms with Crippen LogP contribution in [0.15, 0.2) is 42.5 Å². The van der Waals surface area contributed by atoms with Crippen LogP contribution in [0.1, 0.15) is 0 Å². The van der Waals surface area contributed by atoms with E-state index < -0.39 is 0 Å². The Bertz CT molecular complexity index is 779. The van der Waals surface area contributed by atoms with Crippen molar-refractivity contribution in [1.29, 1.82) is 0 Å². The molecule has 1 saturated heterocycles. The summed E-state index contributed by atoms with van der Waals surface area (Å²) in [5.74, 6) is 1.48. The van der Waals surface area contributed by atoms with Gasteiger partial charge in [-0.1, -0.05) is 17.7 Å². The fourth-order valence-electron chi connectivity index (χ4n) is 2.95. The van der Waals surface area contributed by atoms with E-state index in [0.717, 1.165) is 54.1 Å². The number of methoxy groups -OCH3 is 2. The van der Waals surface area contributed by atoms with Crippen molar-refractivity contribution >= 4 is 40.3 Å². The Morgan fingerprint density at radius 3 is 2.46 bits per heavy atom. The molecule has 1 fully saturated rings. The van der Waals surface area contributed by atoms with Gasteiger partial charge in [0, 0.05) is 43.0 Å². The molecule has 0 bridgehead atoms. The maximum absolute atomic E-state index is 6.10. The second-order valence-corrected chi connectivity index (χ2v) is 6.77. The van der Waals surface area contributed by atoms with Crippen molar-refractivity contribution in [2.45, 2.75) is 0 Å². The van der Waals surface area contributed by atoms with Gasteiger partial charge in [0.1, 0.15) is 11.5 Å². The molecule has 0 unspecified atom stereocenters. The minimum atomic E-state index is 0.683. The molecule has 1 N–H and O–H groups in total. The van der Waals surface area contributed by atoms with Crippen LogP contribution in [-0.2, 0) is 0 Å². The molecule has 1 aliphatic rings. The van der Waals surface area contributed by atoms with Crippen LogP contribution < -0.4 is 19.7 Å². The average molecular weight is 392 g/mol. The number of hydrogen-bond acceptors (Lipinski definition) is 4. The molecular formula is C19H22ClN3O2S. The van der Waals surface area contributed by atoms with E-state index in [2.05, 4.69) is 21.2 Å². The average Bonchev–Trinajstić information content (AvgIpc) is 2.68. The summed E-state index contributed by atoms with van der Waals surface area (Å²) < 4.78 is 10.7. The van der Waals surface area contributed by atoms with Gasteiger partial charge >= 0.3 is 0 Å². The molecule has 0 atom stereocenters. The van der Waals surface area contributed by atoms with E-state index in [1.807, 2.05) is 36.4 Å². The van der Waals surface area contributed by atoms with Crippen LogP contribution in [0, 0.1) is 0 Å². The molecule has 1 heterocycles. The Morgan fingerprint density at radius 1 is 1.04 bits per heavy atom. The van der Waals surface area contributed by atoms with Crippen LogP contribution in [0.25, 0.3) is 0 Å². The Kier molecular flexibility index (Phi) is 6.06. The lowest BCUT2D eigenvalue weighted by atomic mass is 10.2. The molecule has 0 radical (unpaired) electrons. The van der Waals surface area contributed by atoms with Crippen molar-refractivity contribution in [2.24, 2.45) is 0 Å². The third-order valence-corrected chi connectivity index (χ3v) is 4.98. The second-order valence-electron chi connectivity index (χ2n) is 5.95. The minimum Gasteiger partial charge on any atom is -0.497 e. The van der Waals surface area contributed by atoms with Gasteiger partial charge in [-0.15, -0.1) is 0 Å². The van der Waals surface area contributed by atoms with Crippen LogP contribution in [0.2, 0.25) is 5.02 Å². The highest BCUT2D eigenvalue weighted by Crippen LogP contribution is 2.29. The van der Waals surface area contributed by atoms with Gasteiger partial charge in [-0.2, -0.15) is 0 Å². The molecule has 2 aromatic rings. The summed E-state index contributed by atoms with van der Waals surface area (Å²) in [5, 5.41) is 4.72. The van der Waals surface area contributed by atoms with Crippen molar-refractivity contribution in [2.75, 3.05) is 50.6 Å². The van der Waals surface area contributed by atoms with Gasteiger partial charge in [0.05, 0.1) is 19.9 Å². The Labute approximate surface area is 164 Å². The topological polar surface area (TPSA) is 37.0 Å².